The number of aromatic nitrogens is 2. The van der Waals surface area contributed by atoms with Gasteiger partial charge in [0, 0.05) is 36.9 Å². The maximum atomic E-state index is 5.90. The van der Waals surface area contributed by atoms with Crippen LogP contribution < -0.4 is 11.3 Å². The molecule has 0 aromatic carbocycles. The molecule has 2 unspecified atom stereocenters. The first kappa shape index (κ1) is 15.5. The molecule has 1 saturated heterocycles. The van der Waals surface area contributed by atoms with E-state index in [0.29, 0.717) is 0 Å². The molecule has 0 aliphatic carbocycles. The molecular formula is C15H29N5. The van der Waals surface area contributed by atoms with Crippen LogP contribution in [-0.2, 0) is 13.0 Å². The highest BCUT2D eigenvalue weighted by atomic mass is 15.3. The van der Waals surface area contributed by atoms with E-state index in [1.54, 1.807) is 0 Å². The van der Waals surface area contributed by atoms with Gasteiger partial charge in [0.15, 0.2) is 0 Å². The SMILES string of the molecule is CCn1ccnc1CC(NN)C(C)(CC)N1CCCC1. The summed E-state index contributed by atoms with van der Waals surface area (Å²) in [4.78, 5) is 7.09. The molecule has 1 aliphatic heterocycles. The largest absolute Gasteiger partial charge is 0.335 e. The van der Waals surface area contributed by atoms with Gasteiger partial charge in [0.25, 0.3) is 0 Å². The molecule has 2 rings (SSSR count). The Morgan fingerprint density at radius 1 is 1.40 bits per heavy atom. The topological polar surface area (TPSA) is 59.1 Å². The summed E-state index contributed by atoms with van der Waals surface area (Å²) < 4.78 is 2.20. The number of likely N-dealkylation sites (tertiary alicyclic amines) is 1. The Labute approximate surface area is 122 Å². The molecular weight excluding hydrogens is 250 g/mol. The van der Waals surface area contributed by atoms with E-state index >= 15 is 0 Å². The first-order chi connectivity index (χ1) is 9.65. The van der Waals surface area contributed by atoms with Gasteiger partial charge < -0.3 is 4.57 Å². The molecule has 0 spiro atoms. The van der Waals surface area contributed by atoms with Crippen molar-refractivity contribution in [3.63, 3.8) is 0 Å². The molecule has 2 atom stereocenters. The van der Waals surface area contributed by atoms with E-state index in [-0.39, 0.29) is 11.6 Å². The predicted octanol–water partition coefficient (Wildman–Crippen LogP) is 1.54. The molecule has 0 amide bonds. The van der Waals surface area contributed by atoms with Gasteiger partial charge >= 0.3 is 0 Å². The molecule has 3 N–H and O–H groups in total. The van der Waals surface area contributed by atoms with Crippen LogP contribution in [0.5, 0.6) is 0 Å². The van der Waals surface area contributed by atoms with Crippen molar-refractivity contribution in [1.82, 2.24) is 19.9 Å². The van der Waals surface area contributed by atoms with Gasteiger partial charge in [-0.25, -0.2) is 4.98 Å². The van der Waals surface area contributed by atoms with Crippen LogP contribution in [0.4, 0.5) is 0 Å². The van der Waals surface area contributed by atoms with E-state index in [0.717, 1.165) is 25.2 Å². The summed E-state index contributed by atoms with van der Waals surface area (Å²) >= 11 is 0. The maximum Gasteiger partial charge on any atom is 0.110 e. The Hall–Kier alpha value is -0.910. The summed E-state index contributed by atoms with van der Waals surface area (Å²) in [5, 5.41) is 0. The number of imidazole rings is 1. The van der Waals surface area contributed by atoms with E-state index in [2.05, 4.69) is 40.6 Å². The van der Waals surface area contributed by atoms with Gasteiger partial charge in [-0.05, 0) is 46.2 Å². The number of nitrogens with one attached hydrogen (secondary N) is 1. The number of rotatable bonds is 7. The summed E-state index contributed by atoms with van der Waals surface area (Å²) in [6, 6.07) is 0.221. The third-order valence-electron chi connectivity index (χ3n) is 5.03. The lowest BCUT2D eigenvalue weighted by Gasteiger charge is -2.44. The number of aryl methyl sites for hydroxylation is 1. The average molecular weight is 279 g/mol. The molecule has 2 heterocycles. The fourth-order valence-electron chi connectivity index (χ4n) is 3.38. The van der Waals surface area contributed by atoms with Crippen molar-refractivity contribution in [2.24, 2.45) is 5.84 Å². The maximum absolute atomic E-state index is 5.90. The standard InChI is InChI=1S/C15H29N5/c1-4-15(3,20-9-6-7-10-20)13(18-16)12-14-17-8-11-19(14)5-2/h8,11,13,18H,4-7,9-10,12,16H2,1-3H3. The van der Waals surface area contributed by atoms with Crippen LogP contribution >= 0.6 is 0 Å². The molecule has 5 nitrogen and oxygen atoms in total. The zero-order valence-corrected chi connectivity index (χ0v) is 13.1. The molecule has 1 aromatic heterocycles. The number of nitrogens with zero attached hydrogens (tertiary/aromatic N) is 3. The Morgan fingerprint density at radius 2 is 2.10 bits per heavy atom. The van der Waals surface area contributed by atoms with Gasteiger partial charge in [0.05, 0.1) is 0 Å². The van der Waals surface area contributed by atoms with E-state index in [1.807, 2.05) is 12.4 Å². The molecule has 114 valence electrons. The normalized spacial score (nSPS) is 21.0. The average Bonchev–Trinajstić information content (AvgIpc) is 3.14. The van der Waals surface area contributed by atoms with Crippen molar-refractivity contribution in [1.29, 1.82) is 0 Å². The zero-order valence-electron chi connectivity index (χ0n) is 13.1. The summed E-state index contributed by atoms with van der Waals surface area (Å²) in [5.74, 6) is 7.02. The van der Waals surface area contributed by atoms with Crippen LogP contribution in [0.3, 0.4) is 0 Å². The second-order valence-corrected chi connectivity index (χ2v) is 5.96. The van der Waals surface area contributed by atoms with Crippen LogP contribution in [0.25, 0.3) is 0 Å². The second-order valence-electron chi connectivity index (χ2n) is 5.96. The Kier molecular flexibility index (Phi) is 5.18. The molecule has 0 radical (unpaired) electrons. The quantitative estimate of drug-likeness (QED) is 0.587. The smallest absolute Gasteiger partial charge is 0.110 e. The minimum Gasteiger partial charge on any atom is -0.335 e. The van der Waals surface area contributed by atoms with Gasteiger partial charge in [-0.1, -0.05) is 6.92 Å². The Balaban J connectivity index is 2.16. The molecule has 1 aromatic rings. The van der Waals surface area contributed by atoms with E-state index in [9.17, 15) is 0 Å². The van der Waals surface area contributed by atoms with Crippen LogP contribution in [0.1, 0.15) is 45.9 Å². The summed E-state index contributed by atoms with van der Waals surface area (Å²) in [6.45, 7) is 10.1. The van der Waals surface area contributed by atoms with Crippen LogP contribution in [0.15, 0.2) is 12.4 Å². The molecule has 0 saturated carbocycles. The fourth-order valence-corrected chi connectivity index (χ4v) is 3.38. The number of hydrazine groups is 1. The molecule has 5 heteroatoms. The Bertz CT molecular complexity index is 410. The third kappa shape index (κ3) is 2.90. The number of hydrogen-bond acceptors (Lipinski definition) is 4. The summed E-state index contributed by atoms with van der Waals surface area (Å²) in [7, 11) is 0. The summed E-state index contributed by atoms with van der Waals surface area (Å²) in [6.07, 6.45) is 8.49. The minimum atomic E-state index is 0.0930. The first-order valence-corrected chi connectivity index (χ1v) is 7.86. The van der Waals surface area contributed by atoms with Crippen molar-refractivity contribution in [3.8, 4) is 0 Å². The van der Waals surface area contributed by atoms with Gasteiger partial charge in [-0.15, -0.1) is 0 Å². The van der Waals surface area contributed by atoms with Crippen LogP contribution in [0, 0.1) is 0 Å². The molecule has 0 bridgehead atoms. The first-order valence-electron chi connectivity index (χ1n) is 7.86. The lowest BCUT2D eigenvalue weighted by atomic mass is 9.85. The van der Waals surface area contributed by atoms with E-state index in [1.165, 1.54) is 25.9 Å². The third-order valence-corrected chi connectivity index (χ3v) is 5.03. The highest BCUT2D eigenvalue weighted by Crippen LogP contribution is 2.29. The van der Waals surface area contributed by atoms with Gasteiger partial charge in [0.2, 0.25) is 0 Å². The van der Waals surface area contributed by atoms with Crippen molar-refractivity contribution >= 4 is 0 Å². The van der Waals surface area contributed by atoms with Crippen molar-refractivity contribution < 1.29 is 0 Å². The van der Waals surface area contributed by atoms with Crippen molar-refractivity contribution in [3.05, 3.63) is 18.2 Å². The lowest BCUT2D eigenvalue weighted by molar-refractivity contribution is 0.0829. The van der Waals surface area contributed by atoms with Gasteiger partial charge in [-0.2, -0.15) is 0 Å². The number of hydrogen-bond donors (Lipinski definition) is 2. The second kappa shape index (κ2) is 6.70. The monoisotopic (exact) mass is 279 g/mol. The highest BCUT2D eigenvalue weighted by molar-refractivity contribution is 5.04. The minimum absolute atomic E-state index is 0.0930. The fraction of sp³-hybridized carbons (Fsp3) is 0.800. The zero-order chi connectivity index (χ0) is 14.6. The lowest BCUT2D eigenvalue weighted by Crippen LogP contribution is -2.61. The molecule has 20 heavy (non-hydrogen) atoms. The van der Waals surface area contributed by atoms with Gasteiger partial charge in [0.1, 0.15) is 5.82 Å². The molecule has 1 aliphatic rings. The van der Waals surface area contributed by atoms with Crippen LogP contribution in [0.2, 0.25) is 0 Å². The highest BCUT2D eigenvalue weighted by Gasteiger charge is 2.39. The molecule has 1 fully saturated rings. The van der Waals surface area contributed by atoms with E-state index in [4.69, 9.17) is 5.84 Å². The number of nitrogens with two attached hydrogens (primary N) is 1. The van der Waals surface area contributed by atoms with E-state index < -0.39 is 0 Å². The van der Waals surface area contributed by atoms with Crippen LogP contribution in [-0.4, -0.2) is 39.1 Å². The van der Waals surface area contributed by atoms with Gasteiger partial charge in [-0.3, -0.25) is 16.2 Å². The summed E-state index contributed by atoms with van der Waals surface area (Å²) in [5.41, 5.74) is 3.16. The predicted molar refractivity (Wildman–Crippen MR) is 82.2 cm³/mol. The van der Waals surface area contributed by atoms with Crippen molar-refractivity contribution in [2.45, 2.75) is 64.6 Å². The van der Waals surface area contributed by atoms with Crippen molar-refractivity contribution in [2.75, 3.05) is 13.1 Å². The Morgan fingerprint density at radius 3 is 2.65 bits per heavy atom.